The standard InChI is InChI=1S/C22H21ClO4S2/c1-20(2)17(24)9-14-18(13-6-7-15-16(8-13)27-11-26-15)21(3,23)10-22(14,29-28-20)19(25)12-4-5-12/h4-9,12,18H,10-11H2,1-3H3/t18-,21+,22?/m1/s1. The van der Waals surface area contributed by atoms with Gasteiger partial charge in [0.2, 0.25) is 6.79 Å². The van der Waals surface area contributed by atoms with Crippen molar-refractivity contribution in [2.24, 2.45) is 5.92 Å². The Morgan fingerprint density at radius 2 is 1.86 bits per heavy atom. The number of ether oxygens (including phenoxy) is 2. The first-order valence-electron chi connectivity index (χ1n) is 9.58. The number of halogens is 1. The minimum absolute atomic E-state index is 0.0172. The minimum atomic E-state index is -0.820. The highest BCUT2D eigenvalue weighted by Gasteiger charge is 2.62. The van der Waals surface area contributed by atoms with E-state index in [-0.39, 0.29) is 30.2 Å². The Balaban J connectivity index is 1.68. The fraction of sp³-hybridized carbons (Fsp3) is 0.455. The van der Waals surface area contributed by atoms with Crippen LogP contribution in [0.25, 0.3) is 0 Å². The summed E-state index contributed by atoms with van der Waals surface area (Å²) in [6, 6.07) is 5.77. The second-order valence-corrected chi connectivity index (χ2v) is 12.7. The highest BCUT2D eigenvalue weighted by molar-refractivity contribution is 8.78. The molecule has 1 unspecified atom stereocenters. The van der Waals surface area contributed by atoms with Gasteiger partial charge in [0, 0.05) is 5.92 Å². The third kappa shape index (κ3) is 2.98. The highest BCUT2D eigenvalue weighted by Crippen LogP contribution is 2.66. The Morgan fingerprint density at radius 3 is 2.59 bits per heavy atom. The molecule has 7 heteroatoms. The molecule has 2 aliphatic carbocycles. The third-order valence-electron chi connectivity index (χ3n) is 6.06. The van der Waals surface area contributed by atoms with E-state index < -0.39 is 14.4 Å². The maximum Gasteiger partial charge on any atom is 0.231 e. The van der Waals surface area contributed by atoms with E-state index in [0.29, 0.717) is 17.9 Å². The largest absolute Gasteiger partial charge is 0.454 e. The maximum absolute atomic E-state index is 13.5. The summed E-state index contributed by atoms with van der Waals surface area (Å²) in [5.74, 6) is 1.08. The number of carbonyl (C=O) groups is 2. The quantitative estimate of drug-likeness (QED) is 0.366. The normalized spacial score (nSPS) is 34.6. The second-order valence-electron chi connectivity index (χ2n) is 8.74. The zero-order valence-electron chi connectivity index (χ0n) is 16.4. The molecule has 1 fully saturated rings. The Kier molecular flexibility index (Phi) is 4.27. The molecule has 4 aliphatic rings. The SMILES string of the molecule is CC1(C)SSC2(C(=O)C3C=C3)C[C@](C)(Cl)[C@H](c3ccc4c(c3)OCO4)C2=CC1=O. The first-order chi connectivity index (χ1) is 13.6. The van der Waals surface area contributed by atoms with Gasteiger partial charge in [-0.1, -0.05) is 39.8 Å². The number of carbonyl (C=O) groups excluding carboxylic acids is 2. The van der Waals surface area contributed by atoms with Crippen LogP contribution in [-0.2, 0) is 9.59 Å². The lowest BCUT2D eigenvalue weighted by Gasteiger charge is -2.29. The van der Waals surface area contributed by atoms with E-state index in [4.69, 9.17) is 21.1 Å². The van der Waals surface area contributed by atoms with Crippen molar-refractivity contribution >= 4 is 44.8 Å². The number of ketones is 2. The van der Waals surface area contributed by atoms with Gasteiger partial charge < -0.3 is 9.47 Å². The summed E-state index contributed by atoms with van der Waals surface area (Å²) in [4.78, 5) is 25.9. The third-order valence-corrected chi connectivity index (χ3v) is 10.3. The molecule has 1 saturated carbocycles. The van der Waals surface area contributed by atoms with Crippen molar-refractivity contribution in [2.75, 3.05) is 6.79 Å². The summed E-state index contributed by atoms with van der Waals surface area (Å²) in [5.41, 5.74) is 1.76. The minimum Gasteiger partial charge on any atom is -0.454 e. The molecule has 3 atom stereocenters. The highest BCUT2D eigenvalue weighted by atomic mass is 35.5. The number of allylic oxidation sites excluding steroid dienone is 3. The molecule has 2 heterocycles. The van der Waals surface area contributed by atoms with E-state index in [9.17, 15) is 9.59 Å². The number of Topliss-reactive ketones (excluding diaryl/α,β-unsaturated/α-hetero) is 1. The Labute approximate surface area is 182 Å². The van der Waals surface area contributed by atoms with Gasteiger partial charge in [0.15, 0.2) is 23.1 Å². The average Bonchev–Trinajstić information content (AvgIpc) is 3.36. The molecule has 0 amide bonds. The van der Waals surface area contributed by atoms with E-state index in [1.807, 2.05) is 51.1 Å². The monoisotopic (exact) mass is 448 g/mol. The molecule has 5 rings (SSSR count). The lowest BCUT2D eigenvalue weighted by Crippen LogP contribution is -2.36. The van der Waals surface area contributed by atoms with Gasteiger partial charge in [-0.2, -0.15) is 0 Å². The smallest absolute Gasteiger partial charge is 0.231 e. The van der Waals surface area contributed by atoms with Crippen molar-refractivity contribution < 1.29 is 19.1 Å². The molecule has 1 aromatic carbocycles. The van der Waals surface area contributed by atoms with Crippen LogP contribution in [-0.4, -0.2) is 32.7 Å². The number of fused-ring (bicyclic) bond motifs is 2. The van der Waals surface area contributed by atoms with E-state index in [1.54, 1.807) is 6.08 Å². The van der Waals surface area contributed by atoms with Crippen LogP contribution in [0.2, 0.25) is 0 Å². The first kappa shape index (κ1) is 19.6. The van der Waals surface area contributed by atoms with Gasteiger partial charge in [-0.3, -0.25) is 9.59 Å². The van der Waals surface area contributed by atoms with Crippen molar-refractivity contribution in [1.29, 1.82) is 0 Å². The molecule has 2 aliphatic heterocycles. The van der Waals surface area contributed by atoms with E-state index in [2.05, 4.69) is 0 Å². The van der Waals surface area contributed by atoms with E-state index in [0.717, 1.165) is 11.1 Å². The van der Waals surface area contributed by atoms with Crippen LogP contribution in [0.15, 0.2) is 42.0 Å². The second kappa shape index (κ2) is 6.32. The molecule has 4 nitrogen and oxygen atoms in total. The number of alkyl halides is 1. The van der Waals surface area contributed by atoms with Gasteiger partial charge in [0.25, 0.3) is 0 Å². The van der Waals surface area contributed by atoms with E-state index >= 15 is 0 Å². The summed E-state index contributed by atoms with van der Waals surface area (Å²) in [6.07, 6.45) is 6.01. The van der Waals surface area contributed by atoms with Crippen LogP contribution >= 0.6 is 33.2 Å². The predicted octanol–water partition coefficient (Wildman–Crippen LogP) is 5.06. The van der Waals surface area contributed by atoms with Gasteiger partial charge >= 0.3 is 0 Å². The summed E-state index contributed by atoms with van der Waals surface area (Å²) in [5, 5.41) is 0. The number of hydrogen-bond donors (Lipinski definition) is 0. The molecule has 1 aromatic rings. The molecule has 29 heavy (non-hydrogen) atoms. The summed E-state index contributed by atoms with van der Waals surface area (Å²) >= 11 is 7.11. The Morgan fingerprint density at radius 1 is 1.14 bits per heavy atom. The lowest BCUT2D eigenvalue weighted by molar-refractivity contribution is -0.121. The molecular weight excluding hydrogens is 428 g/mol. The molecule has 0 saturated heterocycles. The molecular formula is C22H21ClO4S2. The van der Waals surface area contributed by atoms with Crippen molar-refractivity contribution in [2.45, 2.75) is 47.5 Å². The summed E-state index contributed by atoms with van der Waals surface area (Å²) in [7, 11) is 2.99. The molecule has 0 bridgehead atoms. The fourth-order valence-corrected chi connectivity index (χ4v) is 8.32. The molecule has 0 aromatic heterocycles. The van der Waals surface area contributed by atoms with Crippen molar-refractivity contribution in [3.05, 3.63) is 47.6 Å². The molecule has 0 spiro atoms. The predicted molar refractivity (Wildman–Crippen MR) is 117 cm³/mol. The average molecular weight is 449 g/mol. The molecule has 0 N–H and O–H groups in total. The van der Waals surface area contributed by atoms with Crippen LogP contribution in [0.4, 0.5) is 0 Å². The maximum atomic E-state index is 13.5. The Bertz CT molecular complexity index is 991. The van der Waals surface area contributed by atoms with Crippen LogP contribution in [0.5, 0.6) is 11.5 Å². The van der Waals surface area contributed by atoms with Gasteiger partial charge in [0.1, 0.15) is 4.75 Å². The molecule has 152 valence electrons. The van der Waals surface area contributed by atoms with Gasteiger partial charge in [-0.15, -0.1) is 11.6 Å². The fourth-order valence-electron chi connectivity index (χ4n) is 4.45. The topological polar surface area (TPSA) is 52.6 Å². The summed E-state index contributed by atoms with van der Waals surface area (Å²) < 4.78 is 9.59. The van der Waals surface area contributed by atoms with Crippen LogP contribution in [0.1, 0.15) is 38.7 Å². The first-order valence-corrected chi connectivity index (χ1v) is 12.1. The summed E-state index contributed by atoms with van der Waals surface area (Å²) in [6.45, 7) is 5.98. The van der Waals surface area contributed by atoms with Gasteiger partial charge in [-0.25, -0.2) is 0 Å². The molecule has 0 radical (unpaired) electrons. The van der Waals surface area contributed by atoms with E-state index in [1.165, 1.54) is 21.6 Å². The number of hydrogen-bond acceptors (Lipinski definition) is 6. The van der Waals surface area contributed by atoms with Crippen molar-refractivity contribution in [3.63, 3.8) is 0 Å². The number of benzene rings is 1. The lowest BCUT2D eigenvalue weighted by atomic mass is 9.83. The van der Waals surface area contributed by atoms with Crippen molar-refractivity contribution in [3.8, 4) is 11.5 Å². The zero-order chi connectivity index (χ0) is 20.6. The Hall–Kier alpha value is -1.37. The van der Waals surface area contributed by atoms with Crippen LogP contribution in [0, 0.1) is 5.92 Å². The zero-order valence-corrected chi connectivity index (χ0v) is 18.7. The van der Waals surface area contributed by atoms with Crippen LogP contribution < -0.4 is 9.47 Å². The van der Waals surface area contributed by atoms with Gasteiger partial charge in [0.05, 0.1) is 15.5 Å². The van der Waals surface area contributed by atoms with Crippen molar-refractivity contribution in [1.82, 2.24) is 0 Å². The van der Waals surface area contributed by atoms with Crippen LogP contribution in [0.3, 0.4) is 0 Å². The van der Waals surface area contributed by atoms with Gasteiger partial charge in [-0.05, 0) is 56.5 Å². The number of rotatable bonds is 3.